The Bertz CT molecular complexity index is 735. The molecule has 2 heterocycles. The molecule has 1 aliphatic heterocycles. The highest BCUT2D eigenvalue weighted by Crippen LogP contribution is 2.31. The molecule has 0 unspecified atom stereocenters. The predicted octanol–water partition coefficient (Wildman–Crippen LogP) is 4.06. The van der Waals surface area contributed by atoms with Crippen molar-refractivity contribution in [3.05, 3.63) is 53.7 Å². The van der Waals surface area contributed by atoms with Crippen molar-refractivity contribution in [2.24, 2.45) is 0 Å². The van der Waals surface area contributed by atoms with Gasteiger partial charge in [-0.15, -0.1) is 0 Å². The van der Waals surface area contributed by atoms with E-state index in [-0.39, 0.29) is 11.9 Å². The van der Waals surface area contributed by atoms with Crippen LogP contribution >= 0.6 is 0 Å². The van der Waals surface area contributed by atoms with Gasteiger partial charge in [0.25, 0.3) is 0 Å². The lowest BCUT2D eigenvalue weighted by molar-refractivity contribution is -0.119. The quantitative estimate of drug-likeness (QED) is 0.836. The average Bonchev–Trinajstić information content (AvgIpc) is 2.69. The molecule has 5 heteroatoms. The molecule has 1 saturated heterocycles. The maximum Gasteiger partial charge on any atom is 0.217 e. The number of nitrogens with one attached hydrogen (secondary N) is 1. The normalized spacial score (nSPS) is 16.0. The highest BCUT2D eigenvalue weighted by Gasteiger charge is 2.21. The lowest BCUT2D eigenvalue weighted by Crippen LogP contribution is -2.32. The van der Waals surface area contributed by atoms with Crippen LogP contribution in [0.2, 0.25) is 0 Å². The number of piperidine rings is 1. The van der Waals surface area contributed by atoms with E-state index in [1.807, 2.05) is 26.1 Å². The second kappa shape index (κ2) is 8.89. The summed E-state index contributed by atoms with van der Waals surface area (Å²) in [6.07, 6.45) is 4.17. The Morgan fingerprint density at radius 2 is 1.93 bits per heavy atom. The van der Waals surface area contributed by atoms with Crippen LogP contribution in [0.15, 0.2) is 42.6 Å². The van der Waals surface area contributed by atoms with Crippen LogP contribution < -0.4 is 15.0 Å². The Labute approximate surface area is 161 Å². The fourth-order valence-electron chi connectivity index (χ4n) is 3.71. The number of hydrogen-bond donors (Lipinski definition) is 1. The van der Waals surface area contributed by atoms with E-state index in [1.165, 1.54) is 5.56 Å². The lowest BCUT2D eigenvalue weighted by atomic mass is 9.88. The van der Waals surface area contributed by atoms with Gasteiger partial charge in [0.15, 0.2) is 0 Å². The van der Waals surface area contributed by atoms with Gasteiger partial charge in [0.1, 0.15) is 0 Å². The van der Waals surface area contributed by atoms with Crippen molar-refractivity contribution in [1.29, 1.82) is 0 Å². The van der Waals surface area contributed by atoms with Crippen molar-refractivity contribution in [2.45, 2.75) is 45.6 Å². The monoisotopic (exact) mass is 367 g/mol. The first-order valence-electron chi connectivity index (χ1n) is 9.77. The number of pyridine rings is 1. The van der Waals surface area contributed by atoms with E-state index in [0.717, 1.165) is 37.2 Å². The summed E-state index contributed by atoms with van der Waals surface area (Å²) < 4.78 is 5.42. The minimum absolute atomic E-state index is 0.00253. The van der Waals surface area contributed by atoms with Gasteiger partial charge in [0.2, 0.25) is 11.8 Å². The van der Waals surface area contributed by atoms with Gasteiger partial charge in [0, 0.05) is 26.1 Å². The summed E-state index contributed by atoms with van der Waals surface area (Å²) in [6.45, 7) is 8.24. The van der Waals surface area contributed by atoms with Crippen molar-refractivity contribution in [2.75, 3.05) is 24.6 Å². The SMILES string of the molecule is CCOc1ccc(N2CCC(c3ccc([C@H](C)NC(C)=O)cc3)CC2)cn1. The molecule has 144 valence electrons. The molecule has 2 aromatic rings. The third-order valence-electron chi connectivity index (χ3n) is 5.20. The Kier molecular flexibility index (Phi) is 6.32. The van der Waals surface area contributed by atoms with Crippen LogP contribution in [0.5, 0.6) is 5.88 Å². The second-order valence-corrected chi connectivity index (χ2v) is 7.14. The number of benzene rings is 1. The molecule has 1 aromatic carbocycles. The maximum atomic E-state index is 11.2. The van der Waals surface area contributed by atoms with Crippen LogP contribution in [0.4, 0.5) is 5.69 Å². The van der Waals surface area contributed by atoms with Gasteiger partial charge in [-0.3, -0.25) is 4.79 Å². The first kappa shape index (κ1) is 19.2. The minimum atomic E-state index is 0.00253. The van der Waals surface area contributed by atoms with E-state index < -0.39 is 0 Å². The molecular formula is C22H29N3O2. The number of amides is 1. The largest absolute Gasteiger partial charge is 0.478 e. The van der Waals surface area contributed by atoms with Crippen LogP contribution in [0.3, 0.4) is 0 Å². The number of nitrogens with zero attached hydrogens (tertiary/aromatic N) is 2. The van der Waals surface area contributed by atoms with E-state index in [0.29, 0.717) is 18.4 Å². The number of aromatic nitrogens is 1. The number of rotatable bonds is 6. The van der Waals surface area contributed by atoms with Crippen LogP contribution in [0.1, 0.15) is 56.7 Å². The van der Waals surface area contributed by atoms with Crippen molar-refractivity contribution in [3.63, 3.8) is 0 Å². The molecule has 0 bridgehead atoms. The molecule has 3 rings (SSSR count). The Hall–Kier alpha value is -2.56. The molecule has 0 aliphatic carbocycles. The van der Waals surface area contributed by atoms with E-state index in [1.54, 1.807) is 6.92 Å². The highest BCUT2D eigenvalue weighted by atomic mass is 16.5. The van der Waals surface area contributed by atoms with Crippen LogP contribution in [-0.2, 0) is 4.79 Å². The topological polar surface area (TPSA) is 54.5 Å². The zero-order valence-electron chi connectivity index (χ0n) is 16.4. The summed E-state index contributed by atoms with van der Waals surface area (Å²) in [4.78, 5) is 18.0. The number of carbonyl (C=O) groups is 1. The van der Waals surface area contributed by atoms with Crippen molar-refractivity contribution < 1.29 is 9.53 Å². The number of ether oxygens (including phenoxy) is 1. The summed E-state index contributed by atoms with van der Waals surface area (Å²) in [6, 6.07) is 12.8. The van der Waals surface area contributed by atoms with E-state index in [4.69, 9.17) is 4.74 Å². The van der Waals surface area contributed by atoms with Crippen molar-refractivity contribution >= 4 is 11.6 Å². The molecule has 1 atom stereocenters. The van der Waals surface area contributed by atoms with Gasteiger partial charge < -0.3 is 15.0 Å². The number of anilines is 1. The van der Waals surface area contributed by atoms with Gasteiger partial charge in [-0.05, 0) is 49.8 Å². The molecule has 0 radical (unpaired) electrons. The zero-order chi connectivity index (χ0) is 19.2. The third-order valence-corrected chi connectivity index (χ3v) is 5.20. The minimum Gasteiger partial charge on any atom is -0.478 e. The molecule has 27 heavy (non-hydrogen) atoms. The smallest absolute Gasteiger partial charge is 0.217 e. The molecule has 0 spiro atoms. The molecule has 0 saturated carbocycles. The van der Waals surface area contributed by atoms with E-state index in [2.05, 4.69) is 45.5 Å². The van der Waals surface area contributed by atoms with Gasteiger partial charge >= 0.3 is 0 Å². The maximum absolute atomic E-state index is 11.2. The molecule has 5 nitrogen and oxygen atoms in total. The Morgan fingerprint density at radius 3 is 2.48 bits per heavy atom. The zero-order valence-corrected chi connectivity index (χ0v) is 16.4. The highest BCUT2D eigenvalue weighted by molar-refractivity contribution is 5.73. The average molecular weight is 367 g/mol. The van der Waals surface area contributed by atoms with Gasteiger partial charge in [-0.25, -0.2) is 4.98 Å². The molecule has 1 aliphatic rings. The van der Waals surface area contributed by atoms with E-state index >= 15 is 0 Å². The first-order valence-corrected chi connectivity index (χ1v) is 9.77. The first-order chi connectivity index (χ1) is 13.1. The van der Waals surface area contributed by atoms with Gasteiger partial charge in [0.05, 0.1) is 24.5 Å². The summed E-state index contributed by atoms with van der Waals surface area (Å²) in [5.41, 5.74) is 3.70. The summed E-state index contributed by atoms with van der Waals surface area (Å²) in [7, 11) is 0. The van der Waals surface area contributed by atoms with Crippen molar-refractivity contribution in [1.82, 2.24) is 10.3 Å². The third kappa shape index (κ3) is 5.00. The summed E-state index contributed by atoms with van der Waals surface area (Å²) in [5, 5.41) is 2.93. The van der Waals surface area contributed by atoms with Crippen LogP contribution in [0.25, 0.3) is 0 Å². The Balaban J connectivity index is 1.56. The predicted molar refractivity (Wildman–Crippen MR) is 108 cm³/mol. The Morgan fingerprint density at radius 1 is 1.22 bits per heavy atom. The summed E-state index contributed by atoms with van der Waals surface area (Å²) >= 11 is 0. The second-order valence-electron chi connectivity index (χ2n) is 7.14. The van der Waals surface area contributed by atoms with Gasteiger partial charge in [-0.1, -0.05) is 24.3 Å². The molecule has 1 amide bonds. The molecule has 1 N–H and O–H groups in total. The van der Waals surface area contributed by atoms with E-state index in [9.17, 15) is 4.79 Å². The van der Waals surface area contributed by atoms with Gasteiger partial charge in [-0.2, -0.15) is 0 Å². The van der Waals surface area contributed by atoms with Crippen LogP contribution in [-0.4, -0.2) is 30.6 Å². The summed E-state index contributed by atoms with van der Waals surface area (Å²) in [5.74, 6) is 1.27. The lowest BCUT2D eigenvalue weighted by Gasteiger charge is -2.33. The van der Waals surface area contributed by atoms with Crippen LogP contribution in [0, 0.1) is 0 Å². The number of carbonyl (C=O) groups excluding carboxylic acids is 1. The van der Waals surface area contributed by atoms with Crippen molar-refractivity contribution in [3.8, 4) is 5.88 Å². The fourth-order valence-corrected chi connectivity index (χ4v) is 3.71. The fraction of sp³-hybridized carbons (Fsp3) is 0.455. The molecule has 1 aromatic heterocycles. The standard InChI is InChI=1S/C22H29N3O2/c1-4-27-22-10-9-21(15-23-22)25-13-11-20(12-14-25)19-7-5-18(6-8-19)16(2)24-17(3)26/h5-10,15-16,20H,4,11-14H2,1-3H3,(H,24,26)/t16-/m0/s1. The molecular weight excluding hydrogens is 338 g/mol. The molecule has 1 fully saturated rings. The number of hydrogen-bond acceptors (Lipinski definition) is 4.